The Hall–Kier alpha value is -2.13. The van der Waals surface area contributed by atoms with Gasteiger partial charge in [0.2, 0.25) is 0 Å². The summed E-state index contributed by atoms with van der Waals surface area (Å²) in [7, 11) is 0. The third-order valence-electron chi connectivity index (χ3n) is 6.56. The van der Waals surface area contributed by atoms with Crippen LogP contribution in [0.3, 0.4) is 0 Å². The van der Waals surface area contributed by atoms with E-state index in [2.05, 4.69) is 12.1 Å². The number of carbonyl (C=O) groups is 1. The van der Waals surface area contributed by atoms with Gasteiger partial charge < -0.3 is 10.5 Å². The van der Waals surface area contributed by atoms with E-state index in [1.807, 2.05) is 36.4 Å². The van der Waals surface area contributed by atoms with Gasteiger partial charge >= 0.3 is 0 Å². The lowest BCUT2D eigenvalue weighted by Crippen LogP contribution is -2.16. The number of hydrogen-bond acceptors (Lipinski definition) is 3. The van der Waals surface area contributed by atoms with E-state index in [9.17, 15) is 4.79 Å². The van der Waals surface area contributed by atoms with E-state index in [1.54, 1.807) is 6.92 Å². The molecule has 0 spiro atoms. The molecule has 0 aromatic heterocycles. The van der Waals surface area contributed by atoms with Crippen LogP contribution in [0.5, 0.6) is 5.75 Å². The SMILES string of the molecule is CC(=O)c1ccc(-c2ccc(OCCC3CCC(CCCCCN)CC3)cc2)cc1. The Morgan fingerprint density at radius 3 is 1.97 bits per heavy atom. The third kappa shape index (κ3) is 6.98. The highest BCUT2D eigenvalue weighted by Crippen LogP contribution is 2.33. The Morgan fingerprint density at radius 2 is 1.40 bits per heavy atom. The third-order valence-corrected chi connectivity index (χ3v) is 6.56. The standard InChI is InChI=1S/C27H37NO2/c1-21(29)24-10-12-25(13-11-24)26-14-16-27(17-15-26)30-20-18-23-8-6-22(7-9-23)5-3-2-4-19-28/h10-17,22-23H,2-9,18-20,28H2,1H3. The van der Waals surface area contributed by atoms with Crippen molar-refractivity contribution in [2.75, 3.05) is 13.2 Å². The lowest BCUT2D eigenvalue weighted by Gasteiger charge is -2.28. The van der Waals surface area contributed by atoms with Crippen molar-refractivity contribution in [2.24, 2.45) is 17.6 Å². The van der Waals surface area contributed by atoms with Crippen molar-refractivity contribution in [1.29, 1.82) is 0 Å². The molecule has 0 heterocycles. The molecule has 0 aliphatic heterocycles. The van der Waals surface area contributed by atoms with Crippen molar-refractivity contribution in [1.82, 2.24) is 0 Å². The zero-order valence-corrected chi connectivity index (χ0v) is 18.4. The summed E-state index contributed by atoms with van der Waals surface area (Å²) in [4.78, 5) is 11.4. The number of hydrogen-bond donors (Lipinski definition) is 1. The van der Waals surface area contributed by atoms with E-state index in [4.69, 9.17) is 10.5 Å². The number of rotatable bonds is 11. The minimum Gasteiger partial charge on any atom is -0.494 e. The number of unbranched alkanes of at least 4 members (excludes halogenated alkanes) is 2. The summed E-state index contributed by atoms with van der Waals surface area (Å²) >= 11 is 0. The zero-order valence-electron chi connectivity index (χ0n) is 18.4. The van der Waals surface area contributed by atoms with Gasteiger partial charge in [-0.25, -0.2) is 0 Å². The fourth-order valence-electron chi connectivity index (χ4n) is 4.55. The molecular weight excluding hydrogens is 370 g/mol. The molecule has 162 valence electrons. The second kappa shape index (κ2) is 11.9. The predicted molar refractivity (Wildman–Crippen MR) is 125 cm³/mol. The van der Waals surface area contributed by atoms with E-state index in [0.29, 0.717) is 0 Å². The Kier molecular flexibility index (Phi) is 8.95. The van der Waals surface area contributed by atoms with Crippen molar-refractivity contribution >= 4 is 5.78 Å². The van der Waals surface area contributed by atoms with Crippen molar-refractivity contribution in [3.05, 3.63) is 54.1 Å². The molecule has 0 bridgehead atoms. The van der Waals surface area contributed by atoms with Crippen LogP contribution in [0, 0.1) is 11.8 Å². The van der Waals surface area contributed by atoms with Crippen LogP contribution in [-0.2, 0) is 0 Å². The number of carbonyl (C=O) groups excluding carboxylic acids is 1. The normalized spacial score (nSPS) is 18.9. The number of ether oxygens (including phenoxy) is 1. The maximum absolute atomic E-state index is 11.4. The zero-order chi connectivity index (χ0) is 21.2. The fraction of sp³-hybridized carbons (Fsp3) is 0.519. The van der Waals surface area contributed by atoms with Crippen LogP contribution < -0.4 is 10.5 Å². The Morgan fingerprint density at radius 1 is 0.833 bits per heavy atom. The largest absolute Gasteiger partial charge is 0.494 e. The minimum absolute atomic E-state index is 0.0984. The molecule has 2 aromatic carbocycles. The topological polar surface area (TPSA) is 52.3 Å². The molecule has 0 amide bonds. The number of benzene rings is 2. The quantitative estimate of drug-likeness (QED) is 0.335. The van der Waals surface area contributed by atoms with Gasteiger partial charge in [0.1, 0.15) is 5.75 Å². The lowest BCUT2D eigenvalue weighted by atomic mass is 9.78. The maximum Gasteiger partial charge on any atom is 0.159 e. The first-order valence-electron chi connectivity index (χ1n) is 11.7. The molecule has 0 unspecified atom stereocenters. The first-order valence-corrected chi connectivity index (χ1v) is 11.7. The van der Waals surface area contributed by atoms with Gasteiger partial charge in [-0.2, -0.15) is 0 Å². The summed E-state index contributed by atoms with van der Waals surface area (Å²) in [6.45, 7) is 3.24. The molecular formula is C27H37NO2. The molecule has 2 N–H and O–H groups in total. The van der Waals surface area contributed by atoms with Gasteiger partial charge in [0, 0.05) is 5.56 Å². The highest BCUT2D eigenvalue weighted by atomic mass is 16.5. The second-order valence-electron chi connectivity index (χ2n) is 8.82. The van der Waals surface area contributed by atoms with Crippen molar-refractivity contribution in [3.8, 4) is 16.9 Å². The summed E-state index contributed by atoms with van der Waals surface area (Å²) in [5, 5.41) is 0. The first kappa shape index (κ1) is 22.6. The molecule has 1 aliphatic rings. The van der Waals surface area contributed by atoms with Gasteiger partial charge in [0.05, 0.1) is 6.61 Å². The van der Waals surface area contributed by atoms with Gasteiger partial charge in [-0.1, -0.05) is 81.3 Å². The van der Waals surface area contributed by atoms with Crippen molar-refractivity contribution in [2.45, 2.75) is 64.7 Å². The molecule has 30 heavy (non-hydrogen) atoms. The molecule has 3 heteroatoms. The van der Waals surface area contributed by atoms with Crippen LogP contribution in [-0.4, -0.2) is 18.9 Å². The van der Waals surface area contributed by atoms with Gasteiger partial charge in [0.15, 0.2) is 5.78 Å². The molecule has 1 fully saturated rings. The lowest BCUT2D eigenvalue weighted by molar-refractivity contribution is 0.101. The van der Waals surface area contributed by atoms with Crippen molar-refractivity contribution in [3.63, 3.8) is 0 Å². The molecule has 1 aliphatic carbocycles. The van der Waals surface area contributed by atoms with Crippen LogP contribution in [0.4, 0.5) is 0 Å². The molecule has 0 radical (unpaired) electrons. The van der Waals surface area contributed by atoms with E-state index >= 15 is 0 Å². The summed E-state index contributed by atoms with van der Waals surface area (Å²) in [5.74, 6) is 2.80. The van der Waals surface area contributed by atoms with Gasteiger partial charge in [-0.05, 0) is 61.4 Å². The minimum atomic E-state index is 0.0984. The molecule has 1 saturated carbocycles. The van der Waals surface area contributed by atoms with Crippen LogP contribution in [0.25, 0.3) is 11.1 Å². The first-order chi connectivity index (χ1) is 14.7. The van der Waals surface area contributed by atoms with E-state index < -0.39 is 0 Å². The monoisotopic (exact) mass is 407 g/mol. The number of ketones is 1. The van der Waals surface area contributed by atoms with Crippen LogP contribution in [0.1, 0.15) is 75.1 Å². The van der Waals surface area contributed by atoms with E-state index in [1.165, 1.54) is 51.4 Å². The molecule has 3 rings (SSSR count). The van der Waals surface area contributed by atoms with Gasteiger partial charge in [0.25, 0.3) is 0 Å². The molecule has 0 atom stereocenters. The van der Waals surface area contributed by atoms with Crippen LogP contribution in [0.2, 0.25) is 0 Å². The van der Waals surface area contributed by atoms with Crippen LogP contribution >= 0.6 is 0 Å². The Labute approximate surface area is 182 Å². The maximum atomic E-state index is 11.4. The fourth-order valence-corrected chi connectivity index (χ4v) is 4.55. The summed E-state index contributed by atoms with van der Waals surface area (Å²) < 4.78 is 6.01. The Bertz CT molecular complexity index is 758. The summed E-state index contributed by atoms with van der Waals surface area (Å²) in [6, 6.07) is 16.1. The number of Topliss-reactive ketones (excluding diaryl/α,β-unsaturated/α-hetero) is 1. The van der Waals surface area contributed by atoms with E-state index in [0.717, 1.165) is 53.8 Å². The predicted octanol–water partition coefficient (Wildman–Crippen LogP) is 6.65. The summed E-state index contributed by atoms with van der Waals surface area (Å²) in [5.41, 5.74) is 8.59. The van der Waals surface area contributed by atoms with Crippen LogP contribution in [0.15, 0.2) is 48.5 Å². The molecule has 0 saturated heterocycles. The second-order valence-corrected chi connectivity index (χ2v) is 8.82. The van der Waals surface area contributed by atoms with Crippen molar-refractivity contribution < 1.29 is 9.53 Å². The highest BCUT2D eigenvalue weighted by Gasteiger charge is 2.20. The number of nitrogens with two attached hydrogens (primary N) is 1. The van der Waals surface area contributed by atoms with E-state index in [-0.39, 0.29) is 5.78 Å². The average Bonchev–Trinajstić information content (AvgIpc) is 2.78. The highest BCUT2D eigenvalue weighted by molar-refractivity contribution is 5.94. The molecule has 2 aromatic rings. The smallest absolute Gasteiger partial charge is 0.159 e. The summed E-state index contributed by atoms with van der Waals surface area (Å²) in [6.07, 6.45) is 11.9. The Balaban J connectivity index is 1.36. The average molecular weight is 408 g/mol. The van der Waals surface area contributed by atoms with Gasteiger partial charge in [-0.15, -0.1) is 0 Å². The van der Waals surface area contributed by atoms with Gasteiger partial charge in [-0.3, -0.25) is 4.79 Å². The molecule has 3 nitrogen and oxygen atoms in total.